The van der Waals surface area contributed by atoms with Crippen LogP contribution < -0.4 is 0 Å². The van der Waals surface area contributed by atoms with Crippen molar-refractivity contribution >= 4 is 5.91 Å². The number of rotatable bonds is 2. The Hall–Kier alpha value is -2.39. The van der Waals surface area contributed by atoms with Gasteiger partial charge in [-0.15, -0.1) is 0 Å². The molecule has 3 heterocycles. The van der Waals surface area contributed by atoms with E-state index in [9.17, 15) is 18.0 Å². The van der Waals surface area contributed by atoms with Crippen molar-refractivity contribution < 1.29 is 22.5 Å². The molecule has 1 aliphatic heterocycles. The van der Waals surface area contributed by atoms with Crippen molar-refractivity contribution in [1.82, 2.24) is 24.6 Å². The minimum absolute atomic E-state index is 0.0380. The molecule has 1 atom stereocenters. The van der Waals surface area contributed by atoms with Crippen LogP contribution in [-0.2, 0) is 13.2 Å². The number of halogens is 3. The zero-order valence-electron chi connectivity index (χ0n) is 13.2. The van der Waals surface area contributed by atoms with E-state index in [1.165, 1.54) is 16.5 Å². The average Bonchev–Trinajstić information content (AvgIpc) is 3.12. The number of carbonyl (C=O) groups is 1. The summed E-state index contributed by atoms with van der Waals surface area (Å²) in [6, 6.07) is 0. The van der Waals surface area contributed by atoms with Gasteiger partial charge < -0.3 is 14.0 Å². The first-order valence-corrected chi connectivity index (χ1v) is 7.45. The maximum Gasteiger partial charge on any atom is 0.434 e. The second kappa shape index (κ2) is 5.91. The molecule has 0 radical (unpaired) electrons. The second-order valence-corrected chi connectivity index (χ2v) is 5.82. The molecule has 3 rings (SSSR count). The van der Waals surface area contributed by atoms with Gasteiger partial charge in [-0.2, -0.15) is 18.2 Å². The summed E-state index contributed by atoms with van der Waals surface area (Å²) < 4.78 is 44.6. The highest BCUT2D eigenvalue weighted by Crippen LogP contribution is 2.32. The highest BCUT2D eigenvalue weighted by Gasteiger charge is 2.36. The molecule has 0 N–H and O–H groups in total. The molecule has 1 aliphatic rings. The van der Waals surface area contributed by atoms with E-state index in [1.807, 2.05) is 0 Å². The summed E-state index contributed by atoms with van der Waals surface area (Å²) in [5.74, 6) is -0.0856. The van der Waals surface area contributed by atoms with Gasteiger partial charge >= 0.3 is 6.18 Å². The van der Waals surface area contributed by atoms with Crippen LogP contribution in [0.3, 0.4) is 0 Å². The summed E-state index contributed by atoms with van der Waals surface area (Å²) >= 11 is 0. The molecule has 2 aromatic heterocycles. The molecular formula is C14H16F3N5O2. The molecule has 0 unspecified atom stereocenters. The first kappa shape index (κ1) is 16.5. The van der Waals surface area contributed by atoms with E-state index in [2.05, 4.69) is 15.1 Å². The third-order valence-corrected chi connectivity index (χ3v) is 4.00. The summed E-state index contributed by atoms with van der Waals surface area (Å²) in [5, 5.41) is 3.60. The summed E-state index contributed by atoms with van der Waals surface area (Å²) in [5.41, 5.74) is -0.919. The number of piperidine rings is 1. The number of nitrogens with zero attached hydrogens (tertiary/aromatic N) is 5. The molecule has 0 aliphatic carbocycles. The Kier molecular flexibility index (Phi) is 4.06. The lowest BCUT2D eigenvalue weighted by Gasteiger charge is -2.31. The molecule has 24 heavy (non-hydrogen) atoms. The van der Waals surface area contributed by atoms with Gasteiger partial charge in [-0.1, -0.05) is 5.16 Å². The lowest BCUT2D eigenvalue weighted by molar-refractivity contribution is -0.141. The Labute approximate surface area is 135 Å². The Morgan fingerprint density at radius 2 is 2.12 bits per heavy atom. The maximum absolute atomic E-state index is 12.8. The SMILES string of the molecule is Cc1nc(C(=O)N2CCC[C@@H](c3nc(C(F)(F)F)cn3C)C2)no1. The van der Waals surface area contributed by atoms with Crippen molar-refractivity contribution in [3.8, 4) is 0 Å². The van der Waals surface area contributed by atoms with Crippen LogP contribution in [0, 0.1) is 6.92 Å². The topological polar surface area (TPSA) is 77.1 Å². The van der Waals surface area contributed by atoms with Crippen LogP contribution in [0.1, 0.15) is 46.8 Å². The van der Waals surface area contributed by atoms with Crippen LogP contribution in [0.2, 0.25) is 0 Å². The van der Waals surface area contributed by atoms with Crippen LogP contribution in [0.25, 0.3) is 0 Å². The number of aromatic nitrogens is 4. The molecule has 0 bridgehead atoms. The number of imidazole rings is 1. The van der Waals surface area contributed by atoms with Gasteiger partial charge in [-0.05, 0) is 12.8 Å². The van der Waals surface area contributed by atoms with Gasteiger partial charge in [0.25, 0.3) is 11.7 Å². The molecule has 1 amide bonds. The number of hydrogen-bond acceptors (Lipinski definition) is 5. The van der Waals surface area contributed by atoms with E-state index in [1.54, 1.807) is 6.92 Å². The lowest BCUT2D eigenvalue weighted by Crippen LogP contribution is -2.40. The Bertz CT molecular complexity index is 752. The van der Waals surface area contributed by atoms with Gasteiger partial charge in [0.05, 0.1) is 0 Å². The van der Waals surface area contributed by atoms with Gasteiger partial charge in [0.15, 0.2) is 5.69 Å². The summed E-state index contributed by atoms with van der Waals surface area (Å²) in [6.45, 7) is 2.35. The van der Waals surface area contributed by atoms with E-state index in [-0.39, 0.29) is 30.1 Å². The number of hydrogen-bond donors (Lipinski definition) is 0. The van der Waals surface area contributed by atoms with Crippen LogP contribution in [-0.4, -0.2) is 43.6 Å². The van der Waals surface area contributed by atoms with Crippen molar-refractivity contribution in [3.63, 3.8) is 0 Å². The van der Waals surface area contributed by atoms with Crippen molar-refractivity contribution in [2.24, 2.45) is 7.05 Å². The molecular weight excluding hydrogens is 327 g/mol. The molecule has 0 aromatic carbocycles. The summed E-state index contributed by atoms with van der Waals surface area (Å²) in [4.78, 5) is 21.5. The number of carbonyl (C=O) groups excluding carboxylic acids is 1. The van der Waals surface area contributed by atoms with Gasteiger partial charge in [0.2, 0.25) is 5.89 Å². The van der Waals surface area contributed by atoms with Gasteiger partial charge in [0.1, 0.15) is 5.82 Å². The minimum Gasteiger partial charge on any atom is -0.339 e. The van der Waals surface area contributed by atoms with Crippen molar-refractivity contribution in [1.29, 1.82) is 0 Å². The standard InChI is InChI=1S/C14H16F3N5O2/c1-8-18-11(20-24-8)13(23)22-5-3-4-9(6-22)12-19-10(7-21(12)2)14(15,16)17/h7,9H,3-6H2,1-2H3/t9-/m1/s1. The highest BCUT2D eigenvalue weighted by molar-refractivity contribution is 5.90. The second-order valence-electron chi connectivity index (χ2n) is 5.82. The third kappa shape index (κ3) is 3.13. The van der Waals surface area contributed by atoms with E-state index in [0.717, 1.165) is 6.20 Å². The van der Waals surface area contributed by atoms with Crippen LogP contribution in [0.15, 0.2) is 10.7 Å². The molecule has 0 spiro atoms. The van der Waals surface area contributed by atoms with E-state index >= 15 is 0 Å². The molecule has 1 saturated heterocycles. The monoisotopic (exact) mass is 343 g/mol. The molecule has 2 aromatic rings. The predicted octanol–water partition coefficient (Wildman–Crippen LogP) is 2.15. The Balaban J connectivity index is 1.79. The molecule has 130 valence electrons. The van der Waals surface area contributed by atoms with E-state index in [4.69, 9.17) is 4.52 Å². The quantitative estimate of drug-likeness (QED) is 0.835. The number of likely N-dealkylation sites (tertiary alicyclic amines) is 1. The van der Waals surface area contributed by atoms with Gasteiger partial charge in [-0.25, -0.2) is 4.98 Å². The number of alkyl halides is 3. The zero-order chi connectivity index (χ0) is 17.5. The first-order chi connectivity index (χ1) is 11.3. The van der Waals surface area contributed by atoms with Crippen LogP contribution in [0.5, 0.6) is 0 Å². The highest BCUT2D eigenvalue weighted by atomic mass is 19.4. The van der Waals surface area contributed by atoms with Crippen LogP contribution in [0.4, 0.5) is 13.2 Å². The smallest absolute Gasteiger partial charge is 0.339 e. The fourth-order valence-electron chi connectivity index (χ4n) is 2.90. The van der Waals surface area contributed by atoms with Crippen molar-refractivity contribution in [2.75, 3.05) is 13.1 Å². The normalized spacial score (nSPS) is 18.9. The minimum atomic E-state index is -4.48. The fourth-order valence-corrected chi connectivity index (χ4v) is 2.90. The fraction of sp³-hybridized carbons (Fsp3) is 0.571. The Morgan fingerprint density at radius 3 is 2.71 bits per heavy atom. The van der Waals surface area contributed by atoms with Crippen molar-refractivity contribution in [3.05, 3.63) is 29.4 Å². The predicted molar refractivity (Wildman–Crippen MR) is 75.1 cm³/mol. The molecule has 1 fully saturated rings. The third-order valence-electron chi connectivity index (χ3n) is 4.00. The van der Waals surface area contributed by atoms with Gasteiger partial charge in [-0.3, -0.25) is 4.79 Å². The zero-order valence-corrected chi connectivity index (χ0v) is 13.2. The molecule has 7 nitrogen and oxygen atoms in total. The molecule has 0 saturated carbocycles. The number of aryl methyl sites for hydroxylation is 2. The number of amides is 1. The Morgan fingerprint density at radius 1 is 1.38 bits per heavy atom. The average molecular weight is 343 g/mol. The summed E-state index contributed by atoms with van der Waals surface area (Å²) in [7, 11) is 1.53. The summed E-state index contributed by atoms with van der Waals surface area (Å²) in [6.07, 6.45) is -2.18. The lowest BCUT2D eigenvalue weighted by atomic mass is 9.97. The van der Waals surface area contributed by atoms with Crippen molar-refractivity contribution in [2.45, 2.75) is 31.9 Å². The van der Waals surface area contributed by atoms with Gasteiger partial charge in [0, 0.05) is 39.2 Å². The largest absolute Gasteiger partial charge is 0.434 e. The van der Waals surface area contributed by atoms with E-state index < -0.39 is 11.9 Å². The van der Waals surface area contributed by atoms with E-state index in [0.29, 0.717) is 25.2 Å². The maximum atomic E-state index is 12.8. The molecule has 10 heteroatoms. The van der Waals surface area contributed by atoms with Crippen LogP contribution >= 0.6 is 0 Å². The first-order valence-electron chi connectivity index (χ1n) is 7.45.